The van der Waals surface area contributed by atoms with Gasteiger partial charge in [0.05, 0.1) is 0 Å². The Morgan fingerprint density at radius 1 is 1.29 bits per heavy atom. The van der Waals surface area contributed by atoms with Gasteiger partial charge < -0.3 is 5.32 Å². The second-order valence-electron chi connectivity index (χ2n) is 4.07. The molecule has 0 aliphatic heterocycles. The molecule has 1 aromatic carbocycles. The van der Waals surface area contributed by atoms with Gasteiger partial charge in [-0.15, -0.1) is 11.8 Å². The Balaban J connectivity index is 1.82. The van der Waals surface area contributed by atoms with Crippen LogP contribution in [0.4, 0.5) is 4.79 Å². The predicted octanol–water partition coefficient (Wildman–Crippen LogP) is 4.15. The fourth-order valence-corrected chi connectivity index (χ4v) is 3.00. The Morgan fingerprint density at radius 3 is 2.47 bits per heavy atom. The van der Waals surface area contributed by atoms with Crippen molar-refractivity contribution in [2.45, 2.75) is 42.0 Å². The van der Waals surface area contributed by atoms with Crippen molar-refractivity contribution in [3.63, 3.8) is 0 Å². The molecule has 0 radical (unpaired) electrons. The van der Waals surface area contributed by atoms with Gasteiger partial charge in [-0.25, -0.2) is 0 Å². The molecule has 2 nitrogen and oxygen atoms in total. The van der Waals surface area contributed by atoms with Crippen molar-refractivity contribution in [3.05, 3.63) is 24.3 Å². The van der Waals surface area contributed by atoms with Gasteiger partial charge in [-0.1, -0.05) is 6.92 Å². The topological polar surface area (TPSA) is 29.1 Å². The molecule has 0 bridgehead atoms. The van der Waals surface area contributed by atoms with E-state index in [1.165, 1.54) is 23.1 Å². The summed E-state index contributed by atoms with van der Waals surface area (Å²) in [6.07, 6.45) is 3.52. The Kier molecular flexibility index (Phi) is 4.80. The second-order valence-corrected chi connectivity index (χ2v) is 6.45. The Labute approximate surface area is 111 Å². The highest BCUT2D eigenvalue weighted by molar-refractivity contribution is 8.13. The van der Waals surface area contributed by atoms with Crippen molar-refractivity contribution in [2.24, 2.45) is 0 Å². The highest BCUT2D eigenvalue weighted by Gasteiger charge is 2.19. The SMILES string of the molecule is CCSc1ccc(SC(=O)NC2CCC2)cc1. The number of rotatable bonds is 4. The molecule has 1 saturated carbocycles. The summed E-state index contributed by atoms with van der Waals surface area (Å²) in [5.41, 5.74) is 0. The van der Waals surface area contributed by atoms with Gasteiger partial charge in [-0.05, 0) is 61.0 Å². The summed E-state index contributed by atoms with van der Waals surface area (Å²) in [6, 6.07) is 8.61. The van der Waals surface area contributed by atoms with Gasteiger partial charge in [0, 0.05) is 15.8 Å². The van der Waals surface area contributed by atoms with E-state index < -0.39 is 0 Å². The predicted molar refractivity (Wildman–Crippen MR) is 74.9 cm³/mol. The number of amides is 1. The number of carbonyl (C=O) groups excluding carboxylic acids is 1. The second kappa shape index (κ2) is 6.36. The third-order valence-corrected chi connectivity index (χ3v) is 4.48. The van der Waals surface area contributed by atoms with E-state index in [0.29, 0.717) is 6.04 Å². The van der Waals surface area contributed by atoms with Crippen molar-refractivity contribution in [1.82, 2.24) is 5.32 Å². The van der Waals surface area contributed by atoms with E-state index in [9.17, 15) is 4.79 Å². The van der Waals surface area contributed by atoms with Crippen LogP contribution in [0.5, 0.6) is 0 Å². The standard InChI is InChI=1S/C13H17NOS2/c1-2-16-11-6-8-12(9-7-11)17-13(15)14-10-4-3-5-10/h6-10H,2-5H2,1H3,(H,14,15). The Bertz CT molecular complexity index is 374. The van der Waals surface area contributed by atoms with Gasteiger partial charge >= 0.3 is 0 Å². The summed E-state index contributed by atoms with van der Waals surface area (Å²) < 4.78 is 0. The first kappa shape index (κ1) is 12.8. The average Bonchev–Trinajstić information content (AvgIpc) is 2.27. The number of carbonyl (C=O) groups is 1. The lowest BCUT2D eigenvalue weighted by Crippen LogP contribution is -2.37. The van der Waals surface area contributed by atoms with E-state index in [-0.39, 0.29) is 5.24 Å². The lowest BCUT2D eigenvalue weighted by molar-refractivity contribution is 0.249. The van der Waals surface area contributed by atoms with E-state index in [0.717, 1.165) is 23.5 Å². The first-order valence-electron chi connectivity index (χ1n) is 5.99. The Hall–Kier alpha value is -0.610. The van der Waals surface area contributed by atoms with Crippen LogP contribution in [0, 0.1) is 0 Å². The molecular formula is C13H17NOS2. The zero-order chi connectivity index (χ0) is 12.1. The van der Waals surface area contributed by atoms with Crippen LogP contribution in [0.25, 0.3) is 0 Å². The minimum atomic E-state index is 0.0746. The maximum Gasteiger partial charge on any atom is 0.284 e. The van der Waals surface area contributed by atoms with E-state index in [2.05, 4.69) is 24.4 Å². The van der Waals surface area contributed by atoms with E-state index in [1.807, 2.05) is 23.9 Å². The summed E-state index contributed by atoms with van der Waals surface area (Å²) in [7, 11) is 0. The monoisotopic (exact) mass is 267 g/mol. The molecule has 4 heteroatoms. The van der Waals surface area contributed by atoms with Crippen LogP contribution in [-0.4, -0.2) is 17.0 Å². The molecule has 0 unspecified atom stereocenters. The average molecular weight is 267 g/mol. The molecule has 17 heavy (non-hydrogen) atoms. The number of nitrogens with one attached hydrogen (secondary N) is 1. The molecule has 0 spiro atoms. The van der Waals surface area contributed by atoms with Gasteiger partial charge in [0.25, 0.3) is 5.24 Å². The molecule has 0 saturated heterocycles. The summed E-state index contributed by atoms with van der Waals surface area (Å²) in [5, 5.41) is 3.10. The maximum absolute atomic E-state index is 11.7. The molecule has 92 valence electrons. The summed E-state index contributed by atoms with van der Waals surface area (Å²) in [5.74, 6) is 1.08. The lowest BCUT2D eigenvalue weighted by atomic mass is 9.94. The van der Waals surface area contributed by atoms with Crippen LogP contribution in [0.1, 0.15) is 26.2 Å². The maximum atomic E-state index is 11.7. The fourth-order valence-electron chi connectivity index (χ4n) is 1.63. The molecule has 1 aliphatic rings. The van der Waals surface area contributed by atoms with Crippen molar-refractivity contribution < 1.29 is 4.79 Å². The minimum absolute atomic E-state index is 0.0746. The fraction of sp³-hybridized carbons (Fsp3) is 0.462. The number of hydrogen-bond donors (Lipinski definition) is 1. The molecule has 0 atom stereocenters. The first-order valence-corrected chi connectivity index (χ1v) is 7.79. The summed E-state index contributed by atoms with van der Waals surface area (Å²) in [4.78, 5) is 13.9. The molecule has 0 heterocycles. The van der Waals surface area contributed by atoms with Crippen molar-refractivity contribution in [1.29, 1.82) is 0 Å². The largest absolute Gasteiger partial charge is 0.344 e. The molecule has 1 amide bonds. The zero-order valence-electron chi connectivity index (χ0n) is 9.94. The Morgan fingerprint density at radius 2 is 1.94 bits per heavy atom. The van der Waals surface area contributed by atoms with Crippen LogP contribution in [0.15, 0.2) is 34.1 Å². The van der Waals surface area contributed by atoms with Crippen LogP contribution < -0.4 is 5.32 Å². The van der Waals surface area contributed by atoms with Crippen LogP contribution in [0.3, 0.4) is 0 Å². The third kappa shape index (κ3) is 3.96. The van der Waals surface area contributed by atoms with E-state index in [1.54, 1.807) is 0 Å². The zero-order valence-corrected chi connectivity index (χ0v) is 11.6. The molecule has 1 N–H and O–H groups in total. The van der Waals surface area contributed by atoms with E-state index >= 15 is 0 Å². The number of benzene rings is 1. The smallest absolute Gasteiger partial charge is 0.284 e. The molecule has 1 aromatic rings. The van der Waals surface area contributed by atoms with Crippen molar-refractivity contribution >= 4 is 28.8 Å². The van der Waals surface area contributed by atoms with Gasteiger partial charge in [0.15, 0.2) is 0 Å². The molecular weight excluding hydrogens is 250 g/mol. The highest BCUT2D eigenvalue weighted by atomic mass is 32.2. The lowest BCUT2D eigenvalue weighted by Gasteiger charge is -2.25. The molecule has 1 fully saturated rings. The van der Waals surface area contributed by atoms with Gasteiger partial charge in [0.1, 0.15) is 0 Å². The van der Waals surface area contributed by atoms with E-state index in [4.69, 9.17) is 0 Å². The molecule has 0 aromatic heterocycles. The van der Waals surface area contributed by atoms with Gasteiger partial charge in [0.2, 0.25) is 0 Å². The summed E-state index contributed by atoms with van der Waals surface area (Å²) in [6.45, 7) is 2.14. The minimum Gasteiger partial charge on any atom is -0.344 e. The van der Waals surface area contributed by atoms with Gasteiger partial charge in [-0.3, -0.25) is 4.79 Å². The summed E-state index contributed by atoms with van der Waals surface area (Å²) >= 11 is 3.11. The van der Waals surface area contributed by atoms with Crippen LogP contribution in [0.2, 0.25) is 0 Å². The van der Waals surface area contributed by atoms with Crippen molar-refractivity contribution in [2.75, 3.05) is 5.75 Å². The normalized spacial score (nSPS) is 15.4. The first-order chi connectivity index (χ1) is 8.28. The van der Waals surface area contributed by atoms with Gasteiger partial charge in [-0.2, -0.15) is 0 Å². The van der Waals surface area contributed by atoms with Crippen LogP contribution >= 0.6 is 23.5 Å². The molecule has 2 rings (SSSR count). The van der Waals surface area contributed by atoms with Crippen LogP contribution in [-0.2, 0) is 0 Å². The number of thioether (sulfide) groups is 2. The number of hydrogen-bond acceptors (Lipinski definition) is 3. The molecule has 1 aliphatic carbocycles. The van der Waals surface area contributed by atoms with Crippen molar-refractivity contribution in [3.8, 4) is 0 Å². The third-order valence-electron chi connectivity index (χ3n) is 2.77. The quantitative estimate of drug-likeness (QED) is 0.831. The highest BCUT2D eigenvalue weighted by Crippen LogP contribution is 2.25.